The molecule has 2 aromatic heterocycles. The molecule has 0 spiro atoms. The van der Waals surface area contributed by atoms with E-state index in [-0.39, 0.29) is 12.5 Å². The highest BCUT2D eigenvalue weighted by Crippen LogP contribution is 2.16. The van der Waals surface area contributed by atoms with Crippen LogP contribution in [-0.2, 0) is 17.9 Å². The summed E-state index contributed by atoms with van der Waals surface area (Å²) in [4.78, 5) is 25.0. The fourth-order valence-corrected chi connectivity index (χ4v) is 2.96. The molecule has 0 aliphatic carbocycles. The molecule has 3 aromatic rings. The van der Waals surface area contributed by atoms with Crippen LogP contribution in [0.5, 0.6) is 0 Å². The molecule has 27 heavy (non-hydrogen) atoms. The molecule has 0 aliphatic rings. The lowest BCUT2D eigenvalue weighted by Gasteiger charge is -2.08. The van der Waals surface area contributed by atoms with Gasteiger partial charge >= 0.3 is 5.97 Å². The smallest absolute Gasteiger partial charge is 0.338 e. The molecule has 0 unspecified atom stereocenters. The molecule has 0 radical (unpaired) electrons. The third-order valence-corrected chi connectivity index (χ3v) is 4.63. The first-order chi connectivity index (χ1) is 13.2. The summed E-state index contributed by atoms with van der Waals surface area (Å²) in [5, 5.41) is 16.0. The average Bonchev–Trinajstić information content (AvgIpc) is 3.36. The Morgan fingerprint density at radius 2 is 2.15 bits per heavy atom. The summed E-state index contributed by atoms with van der Waals surface area (Å²) in [6.07, 6.45) is 1.96. The zero-order valence-electron chi connectivity index (χ0n) is 14.8. The molecular weight excluding hydrogens is 366 g/mol. The molecule has 0 atom stereocenters. The third-order valence-electron chi connectivity index (χ3n) is 3.76. The molecule has 0 bridgehead atoms. The lowest BCUT2D eigenvalue weighted by atomic mass is 10.2. The number of hydrogen-bond donors (Lipinski definition) is 1. The number of hydrogen-bond acceptors (Lipinski definition) is 7. The van der Waals surface area contributed by atoms with E-state index in [1.807, 2.05) is 11.4 Å². The second-order valence-electron chi connectivity index (χ2n) is 5.76. The van der Waals surface area contributed by atoms with Crippen LogP contribution in [-0.4, -0.2) is 32.1 Å². The van der Waals surface area contributed by atoms with Crippen molar-refractivity contribution >= 4 is 28.9 Å². The van der Waals surface area contributed by atoms with E-state index in [0.717, 1.165) is 12.8 Å². The number of carbonyl (C=O) groups excluding carboxylic acids is 2. The Balaban J connectivity index is 1.60. The summed E-state index contributed by atoms with van der Waals surface area (Å²) in [7, 11) is 0. The fraction of sp³-hybridized carbons (Fsp3) is 0.278. The molecule has 1 aromatic carbocycles. The summed E-state index contributed by atoms with van der Waals surface area (Å²) in [5.74, 6) is -0.225. The van der Waals surface area contributed by atoms with Crippen molar-refractivity contribution in [1.82, 2.24) is 20.2 Å². The Morgan fingerprint density at radius 3 is 2.93 bits per heavy atom. The number of aryl methyl sites for hydroxylation is 1. The predicted molar refractivity (Wildman–Crippen MR) is 101 cm³/mol. The van der Waals surface area contributed by atoms with Crippen LogP contribution in [0, 0.1) is 0 Å². The molecule has 0 saturated heterocycles. The first kappa shape index (κ1) is 18.7. The van der Waals surface area contributed by atoms with Crippen molar-refractivity contribution in [2.45, 2.75) is 32.9 Å². The van der Waals surface area contributed by atoms with Gasteiger partial charge in [-0.2, -0.15) is 0 Å². The number of anilines is 1. The van der Waals surface area contributed by atoms with Gasteiger partial charge in [-0.25, -0.2) is 9.48 Å². The van der Waals surface area contributed by atoms with E-state index >= 15 is 0 Å². The molecule has 2 heterocycles. The van der Waals surface area contributed by atoms with E-state index < -0.39 is 5.97 Å². The predicted octanol–water partition coefficient (Wildman–Crippen LogP) is 3.14. The van der Waals surface area contributed by atoms with Crippen molar-refractivity contribution in [3.8, 4) is 0 Å². The summed E-state index contributed by atoms with van der Waals surface area (Å²) in [6.45, 7) is 2.75. The summed E-state index contributed by atoms with van der Waals surface area (Å²) >= 11 is 1.35. The number of benzene rings is 1. The van der Waals surface area contributed by atoms with E-state index in [1.54, 1.807) is 35.0 Å². The Hall–Kier alpha value is -3.07. The maximum Gasteiger partial charge on any atom is 0.338 e. The number of ether oxygens (including phenoxy) is 1. The number of carbonyl (C=O) groups is 2. The Kier molecular flexibility index (Phi) is 6.26. The summed E-state index contributed by atoms with van der Waals surface area (Å²) < 4.78 is 6.95. The number of nitrogens with one attached hydrogen (secondary N) is 1. The van der Waals surface area contributed by atoms with Gasteiger partial charge in [0, 0.05) is 12.2 Å². The number of aromatic nitrogens is 4. The summed E-state index contributed by atoms with van der Waals surface area (Å²) in [6, 6.07) is 10.2. The molecule has 0 fully saturated rings. The topological polar surface area (TPSA) is 99.0 Å². The van der Waals surface area contributed by atoms with Gasteiger partial charge < -0.3 is 10.1 Å². The van der Waals surface area contributed by atoms with Gasteiger partial charge in [0.15, 0.2) is 12.4 Å². The van der Waals surface area contributed by atoms with Gasteiger partial charge in [-0.05, 0) is 46.5 Å². The zero-order chi connectivity index (χ0) is 19.1. The number of thiophene rings is 1. The van der Waals surface area contributed by atoms with Crippen LogP contribution < -0.4 is 5.32 Å². The van der Waals surface area contributed by atoms with E-state index in [1.165, 1.54) is 11.3 Å². The molecule has 140 valence electrons. The Morgan fingerprint density at radius 1 is 1.26 bits per heavy atom. The number of tetrazole rings is 1. The van der Waals surface area contributed by atoms with Gasteiger partial charge in [0.05, 0.1) is 10.4 Å². The normalized spacial score (nSPS) is 10.6. The van der Waals surface area contributed by atoms with Crippen molar-refractivity contribution < 1.29 is 14.3 Å². The molecule has 9 heteroatoms. The largest absolute Gasteiger partial charge is 0.454 e. The first-order valence-electron chi connectivity index (χ1n) is 8.54. The van der Waals surface area contributed by atoms with E-state index in [4.69, 9.17) is 4.74 Å². The zero-order valence-corrected chi connectivity index (χ0v) is 15.6. The van der Waals surface area contributed by atoms with Crippen molar-refractivity contribution in [1.29, 1.82) is 0 Å². The first-order valence-corrected chi connectivity index (χ1v) is 9.42. The number of unbranched alkanes of at least 4 members (excludes halogenated alkanes) is 1. The monoisotopic (exact) mass is 385 g/mol. The molecule has 1 N–H and O–H groups in total. The Bertz CT molecular complexity index is 907. The van der Waals surface area contributed by atoms with Crippen LogP contribution in [0.15, 0.2) is 41.8 Å². The SMILES string of the molecule is CCCCn1nnnc1COC(=O)c1cccc(NC(=O)c2cccs2)c1. The minimum Gasteiger partial charge on any atom is -0.454 e. The lowest BCUT2D eigenvalue weighted by molar-refractivity contribution is 0.0456. The third kappa shape index (κ3) is 4.98. The quantitative estimate of drug-likeness (QED) is 0.598. The van der Waals surface area contributed by atoms with Gasteiger partial charge in [-0.1, -0.05) is 25.5 Å². The number of rotatable bonds is 8. The summed E-state index contributed by atoms with van der Waals surface area (Å²) in [5.41, 5.74) is 0.863. The van der Waals surface area contributed by atoms with Crippen LogP contribution in [0.4, 0.5) is 5.69 Å². The minimum absolute atomic E-state index is 0.0126. The second kappa shape index (κ2) is 9.04. The molecule has 3 rings (SSSR count). The van der Waals surface area contributed by atoms with E-state index in [0.29, 0.717) is 28.5 Å². The van der Waals surface area contributed by atoms with Crippen LogP contribution in [0.3, 0.4) is 0 Å². The van der Waals surface area contributed by atoms with Crippen LogP contribution in [0.2, 0.25) is 0 Å². The highest BCUT2D eigenvalue weighted by Gasteiger charge is 2.13. The minimum atomic E-state index is -0.507. The Labute approximate surface area is 160 Å². The highest BCUT2D eigenvalue weighted by molar-refractivity contribution is 7.12. The van der Waals surface area contributed by atoms with E-state index in [2.05, 4.69) is 27.8 Å². The van der Waals surface area contributed by atoms with Gasteiger partial charge in [0.1, 0.15) is 0 Å². The molecule has 1 amide bonds. The number of esters is 1. The van der Waals surface area contributed by atoms with Crippen LogP contribution >= 0.6 is 11.3 Å². The maximum atomic E-state index is 12.3. The van der Waals surface area contributed by atoms with Crippen molar-refractivity contribution in [3.05, 3.63) is 58.0 Å². The van der Waals surface area contributed by atoms with Gasteiger partial charge in [-0.3, -0.25) is 4.79 Å². The molecule has 0 saturated carbocycles. The number of nitrogens with zero attached hydrogens (tertiary/aromatic N) is 4. The average molecular weight is 385 g/mol. The van der Waals surface area contributed by atoms with Crippen LogP contribution in [0.1, 0.15) is 45.6 Å². The van der Waals surface area contributed by atoms with Crippen molar-refractivity contribution in [3.63, 3.8) is 0 Å². The van der Waals surface area contributed by atoms with Gasteiger partial charge in [-0.15, -0.1) is 16.4 Å². The van der Waals surface area contributed by atoms with E-state index in [9.17, 15) is 9.59 Å². The van der Waals surface area contributed by atoms with Gasteiger partial charge in [0.2, 0.25) is 0 Å². The molecular formula is C18H19N5O3S. The van der Waals surface area contributed by atoms with Crippen LogP contribution in [0.25, 0.3) is 0 Å². The van der Waals surface area contributed by atoms with Crippen molar-refractivity contribution in [2.75, 3.05) is 5.32 Å². The molecule has 8 nitrogen and oxygen atoms in total. The standard InChI is InChI=1S/C18H19N5O3S/c1-2-3-9-23-16(20-21-22-23)12-26-18(25)13-6-4-7-14(11-13)19-17(24)15-8-5-10-27-15/h4-8,10-11H,2-3,9,12H2,1H3,(H,19,24). The maximum absolute atomic E-state index is 12.3. The molecule has 0 aliphatic heterocycles. The number of amides is 1. The fourth-order valence-electron chi connectivity index (χ4n) is 2.35. The highest BCUT2D eigenvalue weighted by atomic mass is 32.1. The lowest BCUT2D eigenvalue weighted by Crippen LogP contribution is -2.13. The second-order valence-corrected chi connectivity index (χ2v) is 6.71. The van der Waals surface area contributed by atoms with Crippen molar-refractivity contribution in [2.24, 2.45) is 0 Å². The van der Waals surface area contributed by atoms with Gasteiger partial charge in [0.25, 0.3) is 5.91 Å².